The molecule has 1 unspecified atom stereocenters. The molecule has 0 aliphatic heterocycles. The monoisotopic (exact) mass is 217 g/mol. The van der Waals surface area contributed by atoms with Gasteiger partial charge in [0, 0.05) is 6.54 Å². The van der Waals surface area contributed by atoms with Crippen molar-refractivity contribution in [2.24, 2.45) is 17.1 Å². The zero-order valence-corrected chi connectivity index (χ0v) is 9.42. The van der Waals surface area contributed by atoms with Crippen LogP contribution in [0.25, 0.3) is 0 Å². The summed E-state index contributed by atoms with van der Waals surface area (Å²) >= 11 is 0. The number of hydrogen-bond donors (Lipinski definition) is 2. The molecule has 15 heavy (non-hydrogen) atoms. The van der Waals surface area contributed by atoms with E-state index >= 15 is 0 Å². The number of aliphatic carboxylic acids is 1. The Bertz CT molecular complexity index is 243. The number of hydrogen-bond acceptors (Lipinski definition) is 2. The molecule has 0 aromatic carbocycles. The predicted octanol–water partition coefficient (Wildman–Crippen LogP) is 1.95. The van der Waals surface area contributed by atoms with Crippen molar-refractivity contribution in [3.05, 3.63) is 0 Å². The lowest BCUT2D eigenvalue weighted by Gasteiger charge is -2.41. The van der Waals surface area contributed by atoms with Crippen LogP contribution in [-0.4, -0.2) is 23.3 Å². The molecule has 1 rings (SSSR count). The second kappa shape index (κ2) is 4.08. The van der Waals surface area contributed by atoms with Gasteiger partial charge >= 0.3 is 5.97 Å². The topological polar surface area (TPSA) is 63.3 Å². The lowest BCUT2D eigenvalue weighted by atomic mass is 9.65. The highest BCUT2D eigenvalue weighted by molar-refractivity contribution is 5.77. The minimum Gasteiger partial charge on any atom is -0.481 e. The average molecular weight is 217 g/mol. The summed E-state index contributed by atoms with van der Waals surface area (Å²) in [5, 5.41) is 9.30. The molecule has 0 heterocycles. The number of halogens is 1. The summed E-state index contributed by atoms with van der Waals surface area (Å²) in [6.07, 6.45) is 3.51. The number of carboxylic acid groups (broad SMARTS) is 1. The van der Waals surface area contributed by atoms with E-state index in [1.807, 2.05) is 0 Å². The van der Waals surface area contributed by atoms with E-state index in [0.29, 0.717) is 0 Å². The largest absolute Gasteiger partial charge is 0.481 e. The Morgan fingerprint density at radius 2 is 1.93 bits per heavy atom. The van der Waals surface area contributed by atoms with E-state index < -0.39 is 17.1 Å². The fourth-order valence-corrected chi connectivity index (χ4v) is 2.83. The quantitative estimate of drug-likeness (QED) is 0.756. The fourth-order valence-electron chi connectivity index (χ4n) is 2.83. The zero-order chi connectivity index (χ0) is 11.7. The van der Waals surface area contributed by atoms with E-state index in [9.17, 15) is 14.3 Å². The van der Waals surface area contributed by atoms with Crippen molar-refractivity contribution < 1.29 is 14.3 Å². The highest BCUT2D eigenvalue weighted by Crippen LogP contribution is 2.48. The van der Waals surface area contributed by atoms with Gasteiger partial charge in [-0.15, -0.1) is 0 Å². The van der Waals surface area contributed by atoms with E-state index in [1.165, 1.54) is 13.8 Å². The molecule has 0 saturated heterocycles. The summed E-state index contributed by atoms with van der Waals surface area (Å²) in [5.74, 6) is -1.22. The predicted molar refractivity (Wildman–Crippen MR) is 56.3 cm³/mol. The van der Waals surface area contributed by atoms with Crippen LogP contribution in [0.1, 0.15) is 39.5 Å². The summed E-state index contributed by atoms with van der Waals surface area (Å²) in [7, 11) is 0. The summed E-state index contributed by atoms with van der Waals surface area (Å²) in [6.45, 7) is 2.52. The first-order valence-corrected chi connectivity index (χ1v) is 5.48. The van der Waals surface area contributed by atoms with Crippen LogP contribution in [-0.2, 0) is 4.79 Å². The van der Waals surface area contributed by atoms with Gasteiger partial charge in [-0.05, 0) is 32.6 Å². The molecule has 88 valence electrons. The van der Waals surface area contributed by atoms with Crippen LogP contribution in [0.4, 0.5) is 4.39 Å². The number of carbonyl (C=O) groups is 1. The van der Waals surface area contributed by atoms with Crippen LogP contribution >= 0.6 is 0 Å². The molecule has 1 saturated carbocycles. The van der Waals surface area contributed by atoms with Crippen LogP contribution in [0, 0.1) is 11.3 Å². The third kappa shape index (κ3) is 1.87. The van der Waals surface area contributed by atoms with Gasteiger partial charge in [0.25, 0.3) is 0 Å². The third-order valence-electron chi connectivity index (χ3n) is 3.82. The van der Waals surface area contributed by atoms with Crippen LogP contribution in [0.3, 0.4) is 0 Å². The zero-order valence-electron chi connectivity index (χ0n) is 9.42. The van der Waals surface area contributed by atoms with Crippen molar-refractivity contribution in [2.45, 2.75) is 45.2 Å². The summed E-state index contributed by atoms with van der Waals surface area (Å²) in [6, 6.07) is 0. The van der Waals surface area contributed by atoms with E-state index in [0.717, 1.165) is 25.7 Å². The molecule has 0 aromatic heterocycles. The Balaban J connectivity index is 3.08. The van der Waals surface area contributed by atoms with Gasteiger partial charge in [-0.1, -0.05) is 12.8 Å². The molecule has 1 fully saturated rings. The van der Waals surface area contributed by atoms with E-state index in [2.05, 4.69) is 0 Å². The number of alkyl halides is 1. The van der Waals surface area contributed by atoms with Crippen molar-refractivity contribution >= 4 is 5.97 Å². The number of nitrogens with two attached hydrogens (primary N) is 1. The Labute approximate surface area is 89.8 Å². The maximum Gasteiger partial charge on any atom is 0.314 e. The SMILES string of the molecule is CC(C)(F)C(CN)(C(=O)O)C1CCCC1. The Hall–Kier alpha value is -0.640. The molecular formula is C11H20FNO2. The highest BCUT2D eigenvalue weighted by atomic mass is 19.1. The average Bonchev–Trinajstić information content (AvgIpc) is 2.56. The summed E-state index contributed by atoms with van der Waals surface area (Å²) in [5.41, 5.74) is 2.37. The maximum absolute atomic E-state index is 14.2. The van der Waals surface area contributed by atoms with Gasteiger partial charge in [0.2, 0.25) is 0 Å². The lowest BCUT2D eigenvalue weighted by Crippen LogP contribution is -2.56. The van der Waals surface area contributed by atoms with Crippen molar-refractivity contribution in [3.63, 3.8) is 0 Å². The van der Waals surface area contributed by atoms with Crippen LogP contribution in [0.5, 0.6) is 0 Å². The Morgan fingerprint density at radius 3 is 2.20 bits per heavy atom. The highest BCUT2D eigenvalue weighted by Gasteiger charge is 2.56. The molecule has 0 amide bonds. The van der Waals surface area contributed by atoms with Gasteiger partial charge in [-0.2, -0.15) is 0 Å². The molecule has 0 aromatic rings. The molecule has 0 radical (unpaired) electrons. The fraction of sp³-hybridized carbons (Fsp3) is 0.909. The second-order valence-corrected chi connectivity index (χ2v) is 4.93. The molecule has 1 atom stereocenters. The Kier molecular flexibility index (Phi) is 3.38. The van der Waals surface area contributed by atoms with Crippen molar-refractivity contribution in [1.29, 1.82) is 0 Å². The van der Waals surface area contributed by atoms with E-state index in [1.54, 1.807) is 0 Å². The van der Waals surface area contributed by atoms with Gasteiger partial charge in [0.05, 0.1) is 0 Å². The van der Waals surface area contributed by atoms with Gasteiger partial charge in [0.1, 0.15) is 11.1 Å². The molecule has 3 N–H and O–H groups in total. The van der Waals surface area contributed by atoms with Gasteiger partial charge in [-0.25, -0.2) is 4.39 Å². The molecule has 1 aliphatic carbocycles. The molecule has 0 spiro atoms. The Morgan fingerprint density at radius 1 is 1.47 bits per heavy atom. The van der Waals surface area contributed by atoms with Gasteiger partial charge < -0.3 is 10.8 Å². The van der Waals surface area contributed by atoms with Crippen LogP contribution in [0.2, 0.25) is 0 Å². The molecule has 1 aliphatic rings. The number of carboxylic acids is 1. The summed E-state index contributed by atoms with van der Waals surface area (Å²) < 4.78 is 14.2. The summed E-state index contributed by atoms with van der Waals surface area (Å²) in [4.78, 5) is 11.4. The molecular weight excluding hydrogens is 197 g/mol. The first kappa shape index (κ1) is 12.4. The van der Waals surface area contributed by atoms with Gasteiger partial charge in [0.15, 0.2) is 0 Å². The first-order chi connectivity index (χ1) is 6.86. The standard InChI is InChI=1S/C11H20FNO2/c1-10(2,12)11(7-13,9(14)15)8-5-3-4-6-8/h8H,3-7,13H2,1-2H3,(H,14,15). The minimum absolute atomic E-state index is 0.125. The third-order valence-corrected chi connectivity index (χ3v) is 3.82. The van der Waals surface area contributed by atoms with Crippen LogP contribution < -0.4 is 5.73 Å². The van der Waals surface area contributed by atoms with E-state index in [-0.39, 0.29) is 12.5 Å². The van der Waals surface area contributed by atoms with E-state index in [4.69, 9.17) is 5.73 Å². The van der Waals surface area contributed by atoms with Crippen molar-refractivity contribution in [1.82, 2.24) is 0 Å². The smallest absolute Gasteiger partial charge is 0.314 e. The maximum atomic E-state index is 14.2. The second-order valence-electron chi connectivity index (χ2n) is 4.93. The lowest BCUT2D eigenvalue weighted by molar-refractivity contribution is -0.163. The van der Waals surface area contributed by atoms with Crippen molar-refractivity contribution in [3.8, 4) is 0 Å². The normalized spacial score (nSPS) is 22.7. The van der Waals surface area contributed by atoms with Crippen LogP contribution in [0.15, 0.2) is 0 Å². The first-order valence-electron chi connectivity index (χ1n) is 5.48. The van der Waals surface area contributed by atoms with Gasteiger partial charge in [-0.3, -0.25) is 4.79 Å². The van der Waals surface area contributed by atoms with Crippen molar-refractivity contribution in [2.75, 3.05) is 6.54 Å². The minimum atomic E-state index is -1.78. The molecule has 3 nitrogen and oxygen atoms in total. The molecule has 4 heteroatoms. The molecule has 0 bridgehead atoms. The number of rotatable bonds is 4.